The topological polar surface area (TPSA) is 60.2 Å². The quantitative estimate of drug-likeness (QED) is 0.746. The average Bonchev–Trinajstić information content (AvgIpc) is 2.82. The van der Waals surface area contributed by atoms with Gasteiger partial charge in [0, 0.05) is 38.2 Å². The number of carbonyl (C=O) groups excluding carboxylic acids is 1. The second-order valence-electron chi connectivity index (χ2n) is 8.27. The molecule has 1 fully saturated rings. The Labute approximate surface area is 179 Å². The van der Waals surface area contributed by atoms with E-state index >= 15 is 0 Å². The Morgan fingerprint density at radius 2 is 1.77 bits per heavy atom. The molecule has 1 aliphatic carbocycles. The highest BCUT2D eigenvalue weighted by Gasteiger charge is 2.28. The molecule has 0 N–H and O–H groups in total. The number of carbonyl (C=O) groups is 1. The normalized spacial score (nSPS) is 16.1. The van der Waals surface area contributed by atoms with Gasteiger partial charge >= 0.3 is 0 Å². The molecular weight excluding hydrogens is 372 g/mol. The maximum absolute atomic E-state index is 12.4. The molecule has 1 aromatic heterocycles. The SMILES string of the molecule is CCCCC(=O)N1CCN(c2nc(-c3ccccc3)c3c(c2C#N)CCCC3)CC1. The van der Waals surface area contributed by atoms with Gasteiger partial charge in [-0.2, -0.15) is 5.26 Å². The van der Waals surface area contributed by atoms with Gasteiger partial charge in [0.15, 0.2) is 0 Å². The molecule has 0 saturated carbocycles. The summed E-state index contributed by atoms with van der Waals surface area (Å²) < 4.78 is 0. The largest absolute Gasteiger partial charge is 0.352 e. The molecule has 2 aliphatic rings. The minimum absolute atomic E-state index is 0.250. The molecule has 5 nitrogen and oxygen atoms in total. The summed E-state index contributed by atoms with van der Waals surface area (Å²) in [5.41, 5.74) is 5.33. The van der Waals surface area contributed by atoms with Gasteiger partial charge in [-0.15, -0.1) is 0 Å². The summed E-state index contributed by atoms with van der Waals surface area (Å²) in [5, 5.41) is 10.0. The van der Waals surface area contributed by atoms with E-state index in [-0.39, 0.29) is 5.91 Å². The first-order valence-corrected chi connectivity index (χ1v) is 11.3. The highest BCUT2D eigenvalue weighted by molar-refractivity contribution is 5.77. The molecule has 0 bridgehead atoms. The zero-order valence-corrected chi connectivity index (χ0v) is 17.9. The van der Waals surface area contributed by atoms with Crippen LogP contribution in [-0.2, 0) is 17.6 Å². The summed E-state index contributed by atoms with van der Waals surface area (Å²) in [7, 11) is 0. The molecule has 0 spiro atoms. The van der Waals surface area contributed by atoms with Crippen LogP contribution in [0.25, 0.3) is 11.3 Å². The molecule has 30 heavy (non-hydrogen) atoms. The Kier molecular flexibility index (Phi) is 6.32. The fourth-order valence-corrected chi connectivity index (χ4v) is 4.64. The summed E-state index contributed by atoms with van der Waals surface area (Å²) in [6, 6.07) is 12.8. The van der Waals surface area contributed by atoms with E-state index in [1.165, 1.54) is 11.1 Å². The minimum Gasteiger partial charge on any atom is -0.352 e. The lowest BCUT2D eigenvalue weighted by atomic mass is 9.86. The molecule has 2 aromatic rings. The molecule has 1 aromatic carbocycles. The van der Waals surface area contributed by atoms with Gasteiger partial charge < -0.3 is 9.80 Å². The number of benzene rings is 1. The van der Waals surface area contributed by atoms with E-state index in [0.717, 1.165) is 74.3 Å². The van der Waals surface area contributed by atoms with E-state index in [4.69, 9.17) is 4.98 Å². The van der Waals surface area contributed by atoms with E-state index in [0.29, 0.717) is 19.5 Å². The summed E-state index contributed by atoms with van der Waals surface area (Å²) in [5.74, 6) is 1.05. The Morgan fingerprint density at radius 3 is 2.43 bits per heavy atom. The summed E-state index contributed by atoms with van der Waals surface area (Å²) in [4.78, 5) is 21.6. The van der Waals surface area contributed by atoms with Gasteiger partial charge in [-0.25, -0.2) is 4.98 Å². The molecule has 0 radical (unpaired) electrons. The fourth-order valence-electron chi connectivity index (χ4n) is 4.64. The number of piperazine rings is 1. The molecule has 5 heteroatoms. The van der Waals surface area contributed by atoms with Crippen molar-refractivity contribution in [3.63, 3.8) is 0 Å². The molecule has 1 saturated heterocycles. The van der Waals surface area contributed by atoms with E-state index < -0.39 is 0 Å². The van der Waals surface area contributed by atoms with Crippen molar-refractivity contribution in [1.29, 1.82) is 5.26 Å². The van der Waals surface area contributed by atoms with Gasteiger partial charge in [-0.1, -0.05) is 43.7 Å². The van der Waals surface area contributed by atoms with Gasteiger partial charge in [0.2, 0.25) is 5.91 Å². The predicted molar refractivity (Wildman–Crippen MR) is 119 cm³/mol. The van der Waals surface area contributed by atoms with Crippen molar-refractivity contribution < 1.29 is 4.79 Å². The van der Waals surface area contributed by atoms with Crippen LogP contribution >= 0.6 is 0 Å². The van der Waals surface area contributed by atoms with Crippen LogP contribution in [0.4, 0.5) is 5.82 Å². The van der Waals surface area contributed by atoms with Crippen LogP contribution in [0.3, 0.4) is 0 Å². The third-order valence-corrected chi connectivity index (χ3v) is 6.33. The average molecular weight is 403 g/mol. The van der Waals surface area contributed by atoms with Crippen LogP contribution in [-0.4, -0.2) is 42.0 Å². The first kappa shape index (κ1) is 20.4. The molecule has 1 amide bonds. The van der Waals surface area contributed by atoms with Crippen LogP contribution in [0.5, 0.6) is 0 Å². The number of pyridine rings is 1. The fraction of sp³-hybridized carbons (Fsp3) is 0.480. The smallest absolute Gasteiger partial charge is 0.222 e. The minimum atomic E-state index is 0.250. The molecule has 0 unspecified atom stereocenters. The second-order valence-corrected chi connectivity index (χ2v) is 8.27. The standard InChI is InChI=1S/C25H30N4O/c1-2-3-13-23(30)28-14-16-29(17-15-28)25-22(18-26)20-11-7-8-12-21(20)24(27-25)19-9-5-4-6-10-19/h4-6,9-10H,2-3,7-8,11-17H2,1H3. The molecule has 2 heterocycles. The maximum atomic E-state index is 12.4. The van der Waals surface area contributed by atoms with Crippen molar-refractivity contribution in [2.75, 3.05) is 31.1 Å². The number of nitriles is 1. The second kappa shape index (κ2) is 9.30. The predicted octanol–water partition coefficient (Wildman–Crippen LogP) is 4.34. The number of anilines is 1. The molecule has 0 atom stereocenters. The summed E-state index contributed by atoms with van der Waals surface area (Å²) in [6.07, 6.45) is 6.83. The number of hydrogen-bond acceptors (Lipinski definition) is 4. The zero-order chi connectivity index (χ0) is 20.9. The number of fused-ring (bicyclic) bond motifs is 1. The van der Waals surface area contributed by atoms with Gasteiger partial charge in [-0.3, -0.25) is 4.79 Å². The highest BCUT2D eigenvalue weighted by atomic mass is 16.2. The Balaban J connectivity index is 1.65. The van der Waals surface area contributed by atoms with Crippen LogP contribution < -0.4 is 4.90 Å². The van der Waals surface area contributed by atoms with Gasteiger partial charge in [0.1, 0.15) is 11.9 Å². The van der Waals surface area contributed by atoms with Crippen LogP contribution in [0.15, 0.2) is 30.3 Å². The number of amides is 1. The number of unbranched alkanes of at least 4 members (excludes halogenated alkanes) is 1. The first-order valence-electron chi connectivity index (χ1n) is 11.3. The van der Waals surface area contributed by atoms with Crippen molar-refractivity contribution in [2.45, 2.75) is 51.9 Å². The lowest BCUT2D eigenvalue weighted by molar-refractivity contribution is -0.131. The highest BCUT2D eigenvalue weighted by Crippen LogP contribution is 2.36. The lowest BCUT2D eigenvalue weighted by Gasteiger charge is -2.37. The number of hydrogen-bond donors (Lipinski definition) is 0. The van der Waals surface area contributed by atoms with E-state index in [1.54, 1.807) is 0 Å². The molecule has 156 valence electrons. The van der Waals surface area contributed by atoms with E-state index in [2.05, 4.69) is 30.0 Å². The van der Waals surface area contributed by atoms with Gasteiger partial charge in [0.05, 0.1) is 11.3 Å². The number of aromatic nitrogens is 1. The van der Waals surface area contributed by atoms with Gasteiger partial charge in [0.25, 0.3) is 0 Å². The number of nitrogens with zero attached hydrogens (tertiary/aromatic N) is 4. The van der Waals surface area contributed by atoms with Crippen LogP contribution in [0, 0.1) is 11.3 Å². The van der Waals surface area contributed by atoms with Crippen molar-refractivity contribution >= 4 is 11.7 Å². The lowest BCUT2D eigenvalue weighted by Crippen LogP contribution is -2.49. The van der Waals surface area contributed by atoms with Crippen LogP contribution in [0.1, 0.15) is 55.7 Å². The summed E-state index contributed by atoms with van der Waals surface area (Å²) in [6.45, 7) is 4.97. The Hall–Kier alpha value is -2.87. The Morgan fingerprint density at radius 1 is 1.07 bits per heavy atom. The van der Waals surface area contributed by atoms with Crippen molar-refractivity contribution in [2.24, 2.45) is 0 Å². The monoisotopic (exact) mass is 402 g/mol. The van der Waals surface area contributed by atoms with E-state index in [1.807, 2.05) is 23.1 Å². The first-order chi connectivity index (χ1) is 14.7. The zero-order valence-electron chi connectivity index (χ0n) is 17.9. The Bertz CT molecular complexity index is 940. The maximum Gasteiger partial charge on any atom is 0.222 e. The summed E-state index contributed by atoms with van der Waals surface area (Å²) >= 11 is 0. The third kappa shape index (κ3) is 4.05. The molecule has 4 rings (SSSR count). The number of rotatable bonds is 5. The molecular formula is C25H30N4O. The third-order valence-electron chi connectivity index (χ3n) is 6.33. The van der Waals surface area contributed by atoms with Crippen molar-refractivity contribution in [1.82, 2.24) is 9.88 Å². The van der Waals surface area contributed by atoms with Crippen molar-refractivity contribution in [3.05, 3.63) is 47.0 Å². The van der Waals surface area contributed by atoms with E-state index in [9.17, 15) is 10.1 Å². The van der Waals surface area contributed by atoms with Crippen LogP contribution in [0.2, 0.25) is 0 Å². The van der Waals surface area contributed by atoms with Gasteiger partial charge in [-0.05, 0) is 43.2 Å². The molecule has 1 aliphatic heterocycles. The van der Waals surface area contributed by atoms with Crippen molar-refractivity contribution in [3.8, 4) is 17.3 Å².